The lowest BCUT2D eigenvalue weighted by atomic mass is 10.2. The van der Waals surface area contributed by atoms with Gasteiger partial charge in [-0.25, -0.2) is 0 Å². The molecule has 2 rings (SSSR count). The van der Waals surface area contributed by atoms with Crippen LogP contribution in [0.1, 0.15) is 5.56 Å². The molecule has 0 aliphatic carbocycles. The van der Waals surface area contributed by atoms with E-state index in [0.29, 0.717) is 9.92 Å². The summed E-state index contributed by atoms with van der Waals surface area (Å²) in [6.07, 6.45) is -4.45. The van der Waals surface area contributed by atoms with Crippen LogP contribution in [0.25, 0.3) is 0 Å². The summed E-state index contributed by atoms with van der Waals surface area (Å²) < 4.78 is 38.8. The number of nitrogens with two attached hydrogens (primary N) is 1. The van der Waals surface area contributed by atoms with Crippen LogP contribution in [0.15, 0.2) is 52.3 Å². The normalized spacial score (nSPS) is 11.6. The number of rotatable bonds is 2. The molecule has 0 fully saturated rings. The molecular weight excluding hydrogens is 295 g/mol. The highest BCUT2D eigenvalue weighted by Crippen LogP contribution is 2.42. The molecule has 0 heterocycles. The summed E-state index contributed by atoms with van der Waals surface area (Å²) in [5.41, 5.74) is 4.74. The third-order valence-electron chi connectivity index (χ3n) is 2.37. The van der Waals surface area contributed by atoms with Crippen LogP contribution in [-0.4, -0.2) is 0 Å². The molecule has 0 atom stereocenters. The second-order valence-corrected chi connectivity index (χ2v) is 5.28. The molecule has 2 N–H and O–H groups in total. The van der Waals surface area contributed by atoms with E-state index in [1.165, 1.54) is 12.1 Å². The predicted octanol–water partition coefficient (Wildman–Crippen LogP) is 5.09. The molecule has 0 aliphatic heterocycles. The molecular formula is C13H9ClF3NS. The second kappa shape index (κ2) is 5.35. The summed E-state index contributed by atoms with van der Waals surface area (Å²) in [4.78, 5) is 0.647. The summed E-state index contributed by atoms with van der Waals surface area (Å²) in [6, 6.07) is 10.5. The van der Waals surface area contributed by atoms with E-state index in [9.17, 15) is 13.2 Å². The minimum absolute atomic E-state index is 0.0785. The Balaban J connectivity index is 2.44. The fourth-order valence-corrected chi connectivity index (χ4v) is 2.73. The number of hydrogen-bond acceptors (Lipinski definition) is 2. The van der Waals surface area contributed by atoms with Crippen molar-refractivity contribution in [3.8, 4) is 0 Å². The molecule has 0 saturated carbocycles. The van der Waals surface area contributed by atoms with Crippen LogP contribution < -0.4 is 5.73 Å². The topological polar surface area (TPSA) is 26.0 Å². The van der Waals surface area contributed by atoms with Crippen molar-refractivity contribution < 1.29 is 13.2 Å². The van der Waals surface area contributed by atoms with Gasteiger partial charge in [-0.05, 0) is 30.3 Å². The number of anilines is 1. The molecule has 100 valence electrons. The Kier molecular flexibility index (Phi) is 3.96. The highest BCUT2D eigenvalue weighted by molar-refractivity contribution is 7.99. The third kappa shape index (κ3) is 3.36. The van der Waals surface area contributed by atoms with Crippen molar-refractivity contribution in [2.24, 2.45) is 0 Å². The molecule has 0 unspecified atom stereocenters. The van der Waals surface area contributed by atoms with Gasteiger partial charge in [-0.3, -0.25) is 0 Å². The van der Waals surface area contributed by atoms with Gasteiger partial charge in [0, 0.05) is 15.5 Å². The van der Waals surface area contributed by atoms with Crippen LogP contribution in [0.3, 0.4) is 0 Å². The summed E-state index contributed by atoms with van der Waals surface area (Å²) in [5.74, 6) is 0. The average Bonchev–Trinajstić information content (AvgIpc) is 2.33. The fraction of sp³-hybridized carbons (Fsp3) is 0.0769. The van der Waals surface area contributed by atoms with Crippen LogP contribution in [0.5, 0.6) is 0 Å². The molecule has 0 radical (unpaired) electrons. The lowest BCUT2D eigenvalue weighted by Crippen LogP contribution is -2.07. The van der Waals surface area contributed by atoms with Crippen molar-refractivity contribution in [3.63, 3.8) is 0 Å². The van der Waals surface area contributed by atoms with Crippen LogP contribution in [-0.2, 0) is 6.18 Å². The molecule has 2 aromatic carbocycles. The van der Waals surface area contributed by atoms with Crippen molar-refractivity contribution in [1.82, 2.24) is 0 Å². The molecule has 0 amide bonds. The molecule has 0 saturated heterocycles. The first-order valence-corrected chi connectivity index (χ1v) is 6.46. The lowest BCUT2D eigenvalue weighted by molar-refractivity contribution is -0.139. The lowest BCUT2D eigenvalue weighted by Gasteiger charge is -2.13. The SMILES string of the molecule is Nc1ccc(Sc2ccccc2Cl)c(C(F)(F)F)c1. The summed E-state index contributed by atoms with van der Waals surface area (Å²) in [5, 5.41) is 0.414. The van der Waals surface area contributed by atoms with Gasteiger partial charge in [0.15, 0.2) is 0 Å². The Morgan fingerprint density at radius 1 is 1.00 bits per heavy atom. The molecule has 0 aromatic heterocycles. The van der Waals surface area contributed by atoms with Crippen molar-refractivity contribution in [2.75, 3.05) is 5.73 Å². The first kappa shape index (κ1) is 14.1. The predicted molar refractivity (Wildman–Crippen MR) is 71.4 cm³/mol. The molecule has 0 spiro atoms. The van der Waals surface area contributed by atoms with Gasteiger partial charge in [0.25, 0.3) is 0 Å². The van der Waals surface area contributed by atoms with Crippen LogP contribution in [0.4, 0.5) is 18.9 Å². The third-order valence-corrected chi connectivity index (χ3v) is 3.96. The van der Waals surface area contributed by atoms with Crippen LogP contribution in [0.2, 0.25) is 5.02 Å². The van der Waals surface area contributed by atoms with E-state index in [0.717, 1.165) is 17.8 Å². The zero-order chi connectivity index (χ0) is 14.0. The number of halogens is 4. The summed E-state index contributed by atoms with van der Waals surface area (Å²) >= 11 is 6.91. The Labute approximate surface area is 117 Å². The highest BCUT2D eigenvalue weighted by Gasteiger charge is 2.33. The van der Waals surface area contributed by atoms with Gasteiger partial charge in [0.1, 0.15) is 0 Å². The van der Waals surface area contributed by atoms with Crippen molar-refractivity contribution >= 4 is 29.1 Å². The maximum absolute atomic E-state index is 12.9. The van der Waals surface area contributed by atoms with Crippen molar-refractivity contribution in [1.29, 1.82) is 0 Å². The zero-order valence-corrected chi connectivity index (χ0v) is 11.1. The van der Waals surface area contributed by atoms with Gasteiger partial charge in [-0.15, -0.1) is 0 Å². The minimum Gasteiger partial charge on any atom is -0.399 e. The zero-order valence-electron chi connectivity index (χ0n) is 9.54. The molecule has 19 heavy (non-hydrogen) atoms. The quantitative estimate of drug-likeness (QED) is 0.782. The Morgan fingerprint density at radius 2 is 1.68 bits per heavy atom. The molecule has 6 heteroatoms. The number of alkyl halides is 3. The average molecular weight is 304 g/mol. The minimum atomic E-state index is -4.45. The Hall–Kier alpha value is -1.33. The molecule has 2 aromatic rings. The number of hydrogen-bond donors (Lipinski definition) is 1. The van der Waals surface area contributed by atoms with E-state index in [4.69, 9.17) is 17.3 Å². The summed E-state index contributed by atoms with van der Waals surface area (Å²) in [7, 11) is 0. The van der Waals surface area contributed by atoms with E-state index >= 15 is 0 Å². The van der Waals surface area contributed by atoms with E-state index in [1.54, 1.807) is 24.3 Å². The van der Waals surface area contributed by atoms with Gasteiger partial charge >= 0.3 is 6.18 Å². The smallest absolute Gasteiger partial charge is 0.399 e. The molecule has 1 nitrogen and oxygen atoms in total. The van der Waals surface area contributed by atoms with Crippen molar-refractivity contribution in [2.45, 2.75) is 16.0 Å². The monoisotopic (exact) mass is 303 g/mol. The molecule has 0 bridgehead atoms. The van der Waals surface area contributed by atoms with Crippen molar-refractivity contribution in [3.05, 3.63) is 53.1 Å². The van der Waals surface area contributed by atoms with Gasteiger partial charge < -0.3 is 5.73 Å². The summed E-state index contributed by atoms with van der Waals surface area (Å²) in [6.45, 7) is 0. The van der Waals surface area contributed by atoms with E-state index < -0.39 is 11.7 Å². The van der Waals surface area contributed by atoms with E-state index in [2.05, 4.69) is 0 Å². The Morgan fingerprint density at radius 3 is 2.32 bits per heavy atom. The standard InChI is InChI=1S/C13H9ClF3NS/c14-10-3-1-2-4-12(10)19-11-6-5-8(18)7-9(11)13(15,16)17/h1-7H,18H2. The Bertz CT molecular complexity index is 599. The van der Waals surface area contributed by atoms with E-state index in [-0.39, 0.29) is 10.6 Å². The maximum atomic E-state index is 12.9. The largest absolute Gasteiger partial charge is 0.417 e. The first-order valence-electron chi connectivity index (χ1n) is 5.27. The van der Waals surface area contributed by atoms with E-state index in [1.807, 2.05) is 0 Å². The van der Waals surface area contributed by atoms with Gasteiger partial charge in [0.05, 0.1) is 10.6 Å². The maximum Gasteiger partial charge on any atom is 0.417 e. The van der Waals surface area contributed by atoms with Crippen LogP contribution >= 0.6 is 23.4 Å². The fourth-order valence-electron chi connectivity index (χ4n) is 1.50. The number of benzene rings is 2. The van der Waals surface area contributed by atoms with Gasteiger partial charge in [-0.1, -0.05) is 35.5 Å². The first-order chi connectivity index (χ1) is 8.88. The second-order valence-electron chi connectivity index (χ2n) is 3.79. The van der Waals surface area contributed by atoms with Crippen LogP contribution in [0, 0.1) is 0 Å². The van der Waals surface area contributed by atoms with Gasteiger partial charge in [-0.2, -0.15) is 13.2 Å². The highest BCUT2D eigenvalue weighted by atomic mass is 35.5. The van der Waals surface area contributed by atoms with Gasteiger partial charge in [0.2, 0.25) is 0 Å². The molecule has 0 aliphatic rings. The number of nitrogen functional groups attached to an aromatic ring is 1.